The van der Waals surface area contributed by atoms with Gasteiger partial charge in [-0.15, -0.1) is 0 Å². The van der Waals surface area contributed by atoms with Crippen LogP contribution in [0.2, 0.25) is 0 Å². The van der Waals surface area contributed by atoms with Crippen LogP contribution in [0.5, 0.6) is 0 Å². The summed E-state index contributed by atoms with van der Waals surface area (Å²) >= 11 is 0. The first-order valence-corrected chi connectivity index (χ1v) is 9.10. The summed E-state index contributed by atoms with van der Waals surface area (Å²) < 4.78 is 13.3. The summed E-state index contributed by atoms with van der Waals surface area (Å²) in [4.78, 5) is 28.4. The number of carbonyl (C=O) groups excluding carboxylic acids is 2. The molecule has 1 aromatic rings. The average molecular weight is 347 g/mol. The number of amides is 3. The number of hydrogen-bond acceptors (Lipinski definition) is 2. The van der Waals surface area contributed by atoms with E-state index in [-0.39, 0.29) is 30.2 Å². The quantitative estimate of drug-likeness (QED) is 0.909. The van der Waals surface area contributed by atoms with Gasteiger partial charge in [-0.25, -0.2) is 9.18 Å². The fourth-order valence-corrected chi connectivity index (χ4v) is 3.30. The highest BCUT2D eigenvalue weighted by molar-refractivity contribution is 5.79. The lowest BCUT2D eigenvalue weighted by Crippen LogP contribution is -2.46. The van der Waals surface area contributed by atoms with Crippen LogP contribution in [-0.4, -0.2) is 54.0 Å². The molecule has 6 heteroatoms. The Morgan fingerprint density at radius 2 is 1.92 bits per heavy atom. The van der Waals surface area contributed by atoms with Crippen molar-refractivity contribution < 1.29 is 14.0 Å². The van der Waals surface area contributed by atoms with Gasteiger partial charge in [-0.1, -0.05) is 12.1 Å². The lowest BCUT2D eigenvalue weighted by Gasteiger charge is -2.24. The van der Waals surface area contributed by atoms with Gasteiger partial charge in [0.1, 0.15) is 5.82 Å². The number of nitrogens with one attached hydrogen (secondary N) is 1. The highest BCUT2D eigenvalue weighted by Gasteiger charge is 2.30. The Balaban J connectivity index is 1.50. The third-order valence-electron chi connectivity index (χ3n) is 5.06. The molecule has 1 aromatic carbocycles. The van der Waals surface area contributed by atoms with Crippen molar-refractivity contribution in [3.8, 4) is 0 Å². The molecule has 0 aromatic heterocycles. The second kappa shape index (κ2) is 7.85. The fraction of sp³-hybridized carbons (Fsp3) is 0.579. The van der Waals surface area contributed by atoms with E-state index in [1.165, 1.54) is 25.0 Å². The molecular weight excluding hydrogens is 321 g/mol. The van der Waals surface area contributed by atoms with Crippen molar-refractivity contribution in [1.82, 2.24) is 15.1 Å². The summed E-state index contributed by atoms with van der Waals surface area (Å²) in [6.07, 6.45) is 3.36. The van der Waals surface area contributed by atoms with Crippen LogP contribution >= 0.6 is 0 Å². The molecule has 1 saturated heterocycles. The van der Waals surface area contributed by atoms with E-state index in [1.807, 2.05) is 0 Å². The standard InChI is InChI=1S/C19H26FN3O2/c1-14(16-6-7-16)21-19(25)23-9-3-8-22(10-11-23)18(24)13-15-4-2-5-17(20)12-15/h2,4-5,12,14,16H,3,6-11,13H2,1H3,(H,21,25). The van der Waals surface area contributed by atoms with Crippen LogP contribution < -0.4 is 5.32 Å². The first kappa shape index (κ1) is 17.7. The Kier molecular flexibility index (Phi) is 5.56. The van der Waals surface area contributed by atoms with E-state index in [0.29, 0.717) is 37.7 Å². The largest absolute Gasteiger partial charge is 0.341 e. The van der Waals surface area contributed by atoms with Gasteiger partial charge in [0.2, 0.25) is 5.91 Å². The van der Waals surface area contributed by atoms with E-state index in [2.05, 4.69) is 12.2 Å². The third kappa shape index (κ3) is 4.94. The second-order valence-corrected chi connectivity index (χ2v) is 7.10. The van der Waals surface area contributed by atoms with Gasteiger partial charge in [-0.3, -0.25) is 4.79 Å². The highest BCUT2D eigenvalue weighted by Crippen LogP contribution is 2.32. The molecule has 0 spiro atoms. The van der Waals surface area contributed by atoms with E-state index in [9.17, 15) is 14.0 Å². The average Bonchev–Trinajstić information content (AvgIpc) is 3.41. The molecule has 2 aliphatic rings. The van der Waals surface area contributed by atoms with Crippen LogP contribution in [0.4, 0.5) is 9.18 Å². The Labute approximate surface area is 148 Å². The minimum atomic E-state index is -0.325. The Morgan fingerprint density at radius 3 is 2.64 bits per heavy atom. The molecular formula is C19H26FN3O2. The zero-order valence-corrected chi connectivity index (χ0v) is 14.7. The number of hydrogen-bond donors (Lipinski definition) is 1. The highest BCUT2D eigenvalue weighted by atomic mass is 19.1. The Hall–Kier alpha value is -2.11. The first-order valence-electron chi connectivity index (χ1n) is 9.10. The van der Waals surface area contributed by atoms with Crippen LogP contribution in [0.25, 0.3) is 0 Å². The van der Waals surface area contributed by atoms with Gasteiger partial charge in [0.25, 0.3) is 0 Å². The van der Waals surface area contributed by atoms with Crippen molar-refractivity contribution in [2.75, 3.05) is 26.2 Å². The molecule has 2 fully saturated rings. The molecule has 1 unspecified atom stereocenters. The maximum Gasteiger partial charge on any atom is 0.317 e. The predicted molar refractivity (Wildman–Crippen MR) is 93.6 cm³/mol. The van der Waals surface area contributed by atoms with E-state index in [1.54, 1.807) is 21.9 Å². The Morgan fingerprint density at radius 1 is 1.20 bits per heavy atom. The number of rotatable bonds is 4. The second-order valence-electron chi connectivity index (χ2n) is 7.10. The van der Waals surface area contributed by atoms with E-state index in [4.69, 9.17) is 0 Å². The van der Waals surface area contributed by atoms with Crippen LogP contribution in [0.3, 0.4) is 0 Å². The summed E-state index contributed by atoms with van der Waals surface area (Å²) in [5, 5.41) is 3.07. The van der Waals surface area contributed by atoms with Gasteiger partial charge in [0.05, 0.1) is 6.42 Å². The Bertz CT molecular complexity index is 633. The smallest absolute Gasteiger partial charge is 0.317 e. The molecule has 1 heterocycles. The van der Waals surface area contributed by atoms with Crippen molar-refractivity contribution in [3.05, 3.63) is 35.6 Å². The minimum Gasteiger partial charge on any atom is -0.341 e. The summed E-state index contributed by atoms with van der Waals surface area (Å²) in [5.41, 5.74) is 0.683. The zero-order valence-electron chi connectivity index (χ0n) is 14.7. The number of halogens is 1. The summed E-state index contributed by atoms with van der Waals surface area (Å²) in [6.45, 7) is 4.42. The van der Waals surface area contributed by atoms with Crippen molar-refractivity contribution in [2.45, 2.75) is 38.6 Å². The molecule has 1 N–H and O–H groups in total. The predicted octanol–water partition coefficient (Wildman–Crippen LogP) is 2.41. The topological polar surface area (TPSA) is 52.7 Å². The number of benzene rings is 1. The molecule has 3 rings (SSSR count). The van der Waals surface area contributed by atoms with Gasteiger partial charge in [-0.05, 0) is 49.8 Å². The molecule has 25 heavy (non-hydrogen) atoms. The minimum absolute atomic E-state index is 0.0146. The van der Waals surface area contributed by atoms with Crippen LogP contribution in [0.1, 0.15) is 31.7 Å². The van der Waals surface area contributed by atoms with E-state index < -0.39 is 0 Å². The number of urea groups is 1. The van der Waals surface area contributed by atoms with Crippen LogP contribution in [-0.2, 0) is 11.2 Å². The molecule has 0 radical (unpaired) electrons. The van der Waals surface area contributed by atoms with Gasteiger partial charge in [0.15, 0.2) is 0 Å². The lowest BCUT2D eigenvalue weighted by atomic mass is 10.1. The van der Waals surface area contributed by atoms with E-state index >= 15 is 0 Å². The van der Waals surface area contributed by atoms with Gasteiger partial charge < -0.3 is 15.1 Å². The monoisotopic (exact) mass is 347 g/mol. The lowest BCUT2D eigenvalue weighted by molar-refractivity contribution is -0.130. The summed E-state index contributed by atoms with van der Waals surface area (Å²) in [5.74, 6) is 0.285. The molecule has 5 nitrogen and oxygen atoms in total. The molecule has 0 bridgehead atoms. The summed E-state index contributed by atoms with van der Waals surface area (Å²) in [7, 11) is 0. The first-order chi connectivity index (χ1) is 12.0. The van der Waals surface area contributed by atoms with E-state index in [0.717, 1.165) is 6.42 Å². The molecule has 136 valence electrons. The van der Waals surface area contributed by atoms with Gasteiger partial charge in [-0.2, -0.15) is 0 Å². The summed E-state index contributed by atoms with van der Waals surface area (Å²) in [6, 6.07) is 6.35. The normalized spacial score (nSPS) is 19.3. The molecule has 1 aliphatic heterocycles. The molecule has 3 amide bonds. The van der Waals surface area contributed by atoms with Crippen molar-refractivity contribution in [1.29, 1.82) is 0 Å². The van der Waals surface area contributed by atoms with Crippen molar-refractivity contribution in [2.24, 2.45) is 5.92 Å². The number of carbonyl (C=O) groups is 2. The van der Waals surface area contributed by atoms with Crippen LogP contribution in [0.15, 0.2) is 24.3 Å². The number of nitrogens with zero attached hydrogens (tertiary/aromatic N) is 2. The zero-order chi connectivity index (χ0) is 17.8. The fourth-order valence-electron chi connectivity index (χ4n) is 3.30. The maximum absolute atomic E-state index is 13.3. The molecule has 1 aliphatic carbocycles. The molecule has 1 atom stereocenters. The van der Waals surface area contributed by atoms with Crippen LogP contribution in [0, 0.1) is 11.7 Å². The van der Waals surface area contributed by atoms with Gasteiger partial charge >= 0.3 is 6.03 Å². The maximum atomic E-state index is 13.3. The van der Waals surface area contributed by atoms with Crippen molar-refractivity contribution >= 4 is 11.9 Å². The SMILES string of the molecule is CC(NC(=O)N1CCCN(C(=O)Cc2cccc(F)c2)CC1)C1CC1. The molecule has 1 saturated carbocycles. The van der Waals surface area contributed by atoms with Crippen molar-refractivity contribution in [3.63, 3.8) is 0 Å². The third-order valence-corrected chi connectivity index (χ3v) is 5.06. The van der Waals surface area contributed by atoms with Gasteiger partial charge in [0, 0.05) is 32.2 Å².